The molecule has 5 rings (SSSR count). The molecular weight excluding hydrogens is 380 g/mol. The molecule has 8 heteroatoms. The monoisotopic (exact) mass is 404 g/mol. The van der Waals surface area contributed by atoms with Crippen molar-refractivity contribution in [1.82, 2.24) is 29.2 Å². The van der Waals surface area contributed by atoms with Gasteiger partial charge in [0.25, 0.3) is 5.56 Å². The third kappa shape index (κ3) is 3.91. The van der Waals surface area contributed by atoms with E-state index in [1.165, 1.54) is 25.7 Å². The molecule has 4 heterocycles. The molecule has 0 amide bonds. The molecule has 0 atom stereocenters. The largest absolute Gasteiger partial charge is 0.338 e. The quantitative estimate of drug-likeness (QED) is 0.509. The molecule has 0 saturated carbocycles. The summed E-state index contributed by atoms with van der Waals surface area (Å²) in [5.74, 6) is 1.12. The molecule has 30 heavy (non-hydrogen) atoms. The third-order valence-corrected chi connectivity index (χ3v) is 5.55. The summed E-state index contributed by atoms with van der Waals surface area (Å²) in [4.78, 5) is 19.8. The average Bonchev–Trinajstić information content (AvgIpc) is 3.32. The van der Waals surface area contributed by atoms with Gasteiger partial charge in [-0.3, -0.25) is 9.69 Å². The molecule has 0 N–H and O–H groups in total. The molecule has 3 aromatic heterocycles. The van der Waals surface area contributed by atoms with Crippen LogP contribution in [0.2, 0.25) is 0 Å². The van der Waals surface area contributed by atoms with Gasteiger partial charge in [0, 0.05) is 18.0 Å². The first kappa shape index (κ1) is 18.7. The summed E-state index contributed by atoms with van der Waals surface area (Å²) in [7, 11) is 0. The summed E-state index contributed by atoms with van der Waals surface area (Å²) < 4.78 is 8.64. The fraction of sp³-hybridized carbons (Fsp3) is 0.364. The van der Waals surface area contributed by atoms with Crippen LogP contribution in [0.15, 0.2) is 58.1 Å². The lowest BCUT2D eigenvalue weighted by molar-refractivity contribution is 0.233. The number of hydrogen-bond donors (Lipinski definition) is 0. The van der Waals surface area contributed by atoms with Crippen LogP contribution in [0.5, 0.6) is 0 Å². The molecule has 0 aliphatic carbocycles. The molecule has 4 aromatic rings. The van der Waals surface area contributed by atoms with Gasteiger partial charge in [-0.2, -0.15) is 10.1 Å². The summed E-state index contributed by atoms with van der Waals surface area (Å²) in [6.45, 7) is 3.08. The first-order valence-electron chi connectivity index (χ1n) is 10.4. The standard InChI is InChI=1S/C22H24N6O2/c29-22-19-14-18(17-8-4-3-5-9-17)24-28(19)13-12-27(22)15-20-23-21(30-25-20)16-26-10-6-1-2-7-11-26/h3-5,8-9,12-14H,1-2,6-7,10-11,15-16H2. The van der Waals surface area contributed by atoms with Crippen LogP contribution in [-0.2, 0) is 13.1 Å². The van der Waals surface area contributed by atoms with Crippen molar-refractivity contribution in [3.8, 4) is 11.3 Å². The maximum absolute atomic E-state index is 12.9. The Labute approximate surface area is 173 Å². The first-order valence-corrected chi connectivity index (χ1v) is 10.4. The Morgan fingerprint density at radius 3 is 2.57 bits per heavy atom. The highest BCUT2D eigenvalue weighted by molar-refractivity contribution is 5.65. The number of benzene rings is 1. The SMILES string of the molecule is O=c1c2cc(-c3ccccc3)nn2ccn1Cc1noc(CN2CCCCCC2)n1. The van der Waals surface area contributed by atoms with Crippen LogP contribution in [-0.4, -0.2) is 42.3 Å². The summed E-state index contributed by atoms with van der Waals surface area (Å²) >= 11 is 0. The minimum atomic E-state index is -0.133. The van der Waals surface area contributed by atoms with E-state index in [0.717, 1.165) is 24.3 Å². The normalized spacial score (nSPS) is 15.5. The van der Waals surface area contributed by atoms with E-state index in [4.69, 9.17) is 4.52 Å². The molecule has 1 aliphatic heterocycles. The Hall–Kier alpha value is -3.26. The van der Waals surface area contributed by atoms with Crippen molar-refractivity contribution in [2.24, 2.45) is 0 Å². The molecule has 1 saturated heterocycles. The lowest BCUT2D eigenvalue weighted by Crippen LogP contribution is -2.24. The zero-order chi connectivity index (χ0) is 20.3. The fourth-order valence-electron chi connectivity index (χ4n) is 3.96. The highest BCUT2D eigenvalue weighted by atomic mass is 16.5. The number of aromatic nitrogens is 5. The van der Waals surface area contributed by atoms with Crippen LogP contribution >= 0.6 is 0 Å². The zero-order valence-electron chi connectivity index (χ0n) is 16.8. The number of rotatable bonds is 5. The molecule has 0 spiro atoms. The van der Waals surface area contributed by atoms with Gasteiger partial charge < -0.3 is 9.09 Å². The summed E-state index contributed by atoms with van der Waals surface area (Å²) in [5.41, 5.74) is 2.13. The van der Waals surface area contributed by atoms with Gasteiger partial charge in [-0.05, 0) is 32.0 Å². The number of nitrogens with zero attached hydrogens (tertiary/aromatic N) is 6. The van der Waals surface area contributed by atoms with Crippen LogP contribution < -0.4 is 5.56 Å². The van der Waals surface area contributed by atoms with Crippen LogP contribution in [0.4, 0.5) is 0 Å². The van der Waals surface area contributed by atoms with Crippen molar-refractivity contribution in [2.75, 3.05) is 13.1 Å². The first-order chi connectivity index (χ1) is 14.8. The van der Waals surface area contributed by atoms with E-state index in [1.54, 1.807) is 21.5 Å². The van der Waals surface area contributed by atoms with E-state index in [1.807, 2.05) is 36.4 Å². The van der Waals surface area contributed by atoms with E-state index in [-0.39, 0.29) is 12.1 Å². The Morgan fingerprint density at radius 2 is 1.77 bits per heavy atom. The number of hydrogen-bond acceptors (Lipinski definition) is 6. The minimum Gasteiger partial charge on any atom is -0.338 e. The smallest absolute Gasteiger partial charge is 0.277 e. The Balaban J connectivity index is 1.35. The van der Waals surface area contributed by atoms with Gasteiger partial charge in [-0.15, -0.1) is 0 Å². The van der Waals surface area contributed by atoms with Gasteiger partial charge in [-0.1, -0.05) is 48.3 Å². The van der Waals surface area contributed by atoms with Crippen LogP contribution in [0.25, 0.3) is 16.8 Å². The van der Waals surface area contributed by atoms with Crippen LogP contribution in [0.1, 0.15) is 37.4 Å². The van der Waals surface area contributed by atoms with Crippen molar-refractivity contribution >= 4 is 5.52 Å². The molecule has 1 aliphatic rings. The lowest BCUT2D eigenvalue weighted by atomic mass is 10.1. The van der Waals surface area contributed by atoms with Gasteiger partial charge in [0.1, 0.15) is 5.52 Å². The predicted octanol–water partition coefficient (Wildman–Crippen LogP) is 2.97. The van der Waals surface area contributed by atoms with Gasteiger partial charge >= 0.3 is 0 Å². The second kappa shape index (κ2) is 8.23. The summed E-state index contributed by atoms with van der Waals surface area (Å²) in [5, 5.41) is 8.60. The molecule has 0 bridgehead atoms. The molecule has 1 aromatic carbocycles. The van der Waals surface area contributed by atoms with Gasteiger partial charge in [0.15, 0.2) is 5.82 Å². The highest BCUT2D eigenvalue weighted by Crippen LogP contribution is 2.18. The molecule has 1 fully saturated rings. The van der Waals surface area contributed by atoms with Gasteiger partial charge in [0.2, 0.25) is 5.89 Å². The molecule has 154 valence electrons. The Bertz CT molecular complexity index is 1190. The molecular formula is C22H24N6O2. The van der Waals surface area contributed by atoms with E-state index in [9.17, 15) is 4.79 Å². The Kier molecular flexibility index (Phi) is 5.15. The second-order valence-electron chi connectivity index (χ2n) is 7.75. The van der Waals surface area contributed by atoms with Crippen molar-refractivity contribution in [2.45, 2.75) is 38.8 Å². The van der Waals surface area contributed by atoms with E-state index in [0.29, 0.717) is 23.8 Å². The third-order valence-electron chi connectivity index (χ3n) is 5.55. The van der Waals surface area contributed by atoms with Crippen LogP contribution in [0, 0.1) is 0 Å². The second-order valence-corrected chi connectivity index (χ2v) is 7.75. The van der Waals surface area contributed by atoms with Crippen LogP contribution in [0.3, 0.4) is 0 Å². The maximum atomic E-state index is 12.9. The highest BCUT2D eigenvalue weighted by Gasteiger charge is 2.15. The van der Waals surface area contributed by atoms with E-state index < -0.39 is 0 Å². The van der Waals surface area contributed by atoms with Crippen molar-refractivity contribution < 1.29 is 4.52 Å². The van der Waals surface area contributed by atoms with Crippen molar-refractivity contribution in [3.05, 3.63) is 70.9 Å². The van der Waals surface area contributed by atoms with E-state index >= 15 is 0 Å². The van der Waals surface area contributed by atoms with E-state index in [2.05, 4.69) is 20.1 Å². The molecule has 8 nitrogen and oxygen atoms in total. The van der Waals surface area contributed by atoms with Gasteiger partial charge in [-0.25, -0.2) is 4.52 Å². The average molecular weight is 404 g/mol. The summed E-state index contributed by atoms with van der Waals surface area (Å²) in [6.07, 6.45) is 8.50. The predicted molar refractivity (Wildman–Crippen MR) is 112 cm³/mol. The maximum Gasteiger partial charge on any atom is 0.277 e. The van der Waals surface area contributed by atoms with Crippen molar-refractivity contribution in [3.63, 3.8) is 0 Å². The van der Waals surface area contributed by atoms with Gasteiger partial charge in [0.05, 0.1) is 18.8 Å². The molecule has 0 radical (unpaired) electrons. The lowest BCUT2D eigenvalue weighted by Gasteiger charge is -2.16. The topological polar surface area (TPSA) is 81.5 Å². The summed E-state index contributed by atoms with van der Waals surface area (Å²) in [6, 6.07) is 11.6. The molecule has 0 unspecified atom stereocenters. The van der Waals surface area contributed by atoms with Crippen molar-refractivity contribution in [1.29, 1.82) is 0 Å². The Morgan fingerprint density at radius 1 is 0.967 bits per heavy atom. The zero-order valence-corrected chi connectivity index (χ0v) is 16.8. The number of likely N-dealkylation sites (tertiary alicyclic amines) is 1. The fourth-order valence-corrected chi connectivity index (χ4v) is 3.96. The minimum absolute atomic E-state index is 0.133. The number of fused-ring (bicyclic) bond motifs is 1.